The Labute approximate surface area is 195 Å². The van der Waals surface area contributed by atoms with Gasteiger partial charge in [0, 0.05) is 29.2 Å². The maximum Gasteiger partial charge on any atom is 0.224 e. The number of thiophene rings is 1. The third-order valence-electron chi connectivity index (χ3n) is 5.04. The van der Waals surface area contributed by atoms with Crippen LogP contribution in [0.1, 0.15) is 36.0 Å². The molecule has 1 aliphatic rings. The third kappa shape index (κ3) is 4.37. The normalized spacial score (nSPS) is 18.0. The number of ether oxygens (including phenoxy) is 1. The van der Waals surface area contributed by atoms with Crippen molar-refractivity contribution in [2.24, 2.45) is 0 Å². The Hall–Kier alpha value is -2.68. The van der Waals surface area contributed by atoms with Crippen molar-refractivity contribution in [3.8, 4) is 5.75 Å². The van der Waals surface area contributed by atoms with Gasteiger partial charge in [-0.25, -0.2) is 0 Å². The molecule has 4 rings (SSSR count). The number of methoxy groups -OCH3 is 1. The minimum absolute atomic E-state index is 0.0780. The van der Waals surface area contributed by atoms with Crippen molar-refractivity contribution in [2.45, 2.75) is 25.4 Å². The number of nitrogens with zero attached hydrogens (tertiary/aromatic N) is 2. The number of hydrogen-bond acceptors (Lipinski definition) is 5. The third-order valence-corrected chi connectivity index (χ3v) is 6.66. The number of halogens is 1. The van der Waals surface area contributed by atoms with E-state index in [4.69, 9.17) is 28.6 Å². The molecule has 2 atom stereocenters. The molecule has 1 aliphatic heterocycles. The van der Waals surface area contributed by atoms with Crippen LogP contribution in [0.5, 0.6) is 5.75 Å². The molecule has 3 heterocycles. The van der Waals surface area contributed by atoms with E-state index >= 15 is 0 Å². The zero-order chi connectivity index (χ0) is 22.0. The van der Waals surface area contributed by atoms with Crippen molar-refractivity contribution in [1.82, 2.24) is 10.3 Å². The molecule has 0 aliphatic carbocycles. The van der Waals surface area contributed by atoms with Crippen molar-refractivity contribution in [3.63, 3.8) is 0 Å². The molecule has 0 radical (unpaired) electrons. The Morgan fingerprint density at radius 3 is 2.81 bits per heavy atom. The molecule has 1 amide bonds. The molecule has 1 saturated heterocycles. The fourth-order valence-corrected chi connectivity index (χ4v) is 5.12. The van der Waals surface area contributed by atoms with Gasteiger partial charge in [-0.05, 0) is 48.6 Å². The lowest BCUT2D eigenvalue weighted by molar-refractivity contribution is -0.115. The highest BCUT2D eigenvalue weighted by atomic mass is 35.5. The average molecular weight is 473 g/mol. The van der Waals surface area contributed by atoms with Crippen LogP contribution in [0.15, 0.2) is 54.7 Å². The van der Waals surface area contributed by atoms with Gasteiger partial charge in [-0.2, -0.15) is 0 Å². The maximum atomic E-state index is 11.9. The van der Waals surface area contributed by atoms with E-state index in [2.05, 4.69) is 15.6 Å². The Kier molecular flexibility index (Phi) is 6.41. The first kappa shape index (κ1) is 21.5. The Bertz CT molecular complexity index is 1110. The van der Waals surface area contributed by atoms with E-state index in [1.165, 1.54) is 11.3 Å². The first-order chi connectivity index (χ1) is 15.0. The zero-order valence-corrected chi connectivity index (χ0v) is 19.4. The number of carbonyl (C=O) groups is 1. The molecule has 0 spiro atoms. The van der Waals surface area contributed by atoms with Crippen LogP contribution < -0.4 is 20.3 Å². The van der Waals surface area contributed by atoms with Crippen molar-refractivity contribution < 1.29 is 9.53 Å². The lowest BCUT2D eigenvalue weighted by atomic mass is 10.0. The van der Waals surface area contributed by atoms with Crippen LogP contribution in [-0.2, 0) is 4.79 Å². The smallest absolute Gasteiger partial charge is 0.224 e. The number of nitrogens with one attached hydrogen (secondary N) is 2. The van der Waals surface area contributed by atoms with Gasteiger partial charge in [-0.1, -0.05) is 24.6 Å². The predicted molar refractivity (Wildman–Crippen MR) is 129 cm³/mol. The summed E-state index contributed by atoms with van der Waals surface area (Å²) in [5, 5.41) is 6.86. The van der Waals surface area contributed by atoms with Crippen molar-refractivity contribution in [2.75, 3.05) is 17.3 Å². The molecular weight excluding hydrogens is 452 g/mol. The first-order valence-electron chi connectivity index (χ1n) is 9.75. The Morgan fingerprint density at radius 2 is 2.16 bits per heavy atom. The van der Waals surface area contributed by atoms with Crippen LogP contribution >= 0.6 is 35.2 Å². The molecule has 6 nitrogen and oxygen atoms in total. The number of benzene rings is 1. The summed E-state index contributed by atoms with van der Waals surface area (Å²) in [7, 11) is 1.58. The number of anilines is 2. The summed E-state index contributed by atoms with van der Waals surface area (Å²) in [5.74, 6) is 0.483. The first-order valence-corrected chi connectivity index (χ1v) is 11.4. The molecule has 2 N–H and O–H groups in total. The molecule has 1 fully saturated rings. The molecule has 1 aromatic carbocycles. The lowest BCUT2D eigenvalue weighted by Gasteiger charge is -2.27. The second kappa shape index (κ2) is 9.21. The predicted octanol–water partition coefficient (Wildman–Crippen LogP) is 5.33. The number of rotatable bonds is 6. The van der Waals surface area contributed by atoms with Crippen LogP contribution in [0.2, 0.25) is 4.34 Å². The van der Waals surface area contributed by atoms with Gasteiger partial charge < -0.3 is 20.3 Å². The van der Waals surface area contributed by atoms with Crippen molar-refractivity contribution in [3.05, 3.63) is 69.6 Å². The fraction of sp³-hybridized carbons (Fsp3) is 0.227. The van der Waals surface area contributed by atoms with Crippen LogP contribution in [-0.4, -0.2) is 23.1 Å². The van der Waals surface area contributed by atoms with Crippen molar-refractivity contribution in [1.29, 1.82) is 0 Å². The highest BCUT2D eigenvalue weighted by molar-refractivity contribution is 7.80. The molecule has 2 unspecified atom stereocenters. The molecule has 3 aromatic rings. The van der Waals surface area contributed by atoms with E-state index < -0.39 is 0 Å². The van der Waals surface area contributed by atoms with E-state index in [-0.39, 0.29) is 18.0 Å². The van der Waals surface area contributed by atoms with Gasteiger partial charge in [-0.15, -0.1) is 11.3 Å². The van der Waals surface area contributed by atoms with Crippen LogP contribution in [0.25, 0.3) is 0 Å². The Balaban J connectivity index is 1.76. The standard InChI is InChI=1S/C22H21ClN4O2S2/c1-3-19(28)25-14-8-7-13(12-16(14)29-2)27-21(17-9-10-18(23)31-17)20(26-22(27)30)15-6-4-5-11-24-15/h4-12,20-21H,3H2,1-2H3,(H,25,28)(H,26,30). The molecule has 0 saturated carbocycles. The highest BCUT2D eigenvalue weighted by Gasteiger charge is 2.41. The van der Waals surface area contributed by atoms with E-state index in [1.54, 1.807) is 20.2 Å². The second-order valence-electron chi connectivity index (χ2n) is 6.92. The lowest BCUT2D eigenvalue weighted by Crippen LogP contribution is -2.29. The summed E-state index contributed by atoms with van der Waals surface area (Å²) in [6, 6.07) is 15.1. The molecule has 9 heteroatoms. The van der Waals surface area contributed by atoms with Gasteiger partial charge in [0.2, 0.25) is 5.91 Å². The Morgan fingerprint density at radius 1 is 1.32 bits per heavy atom. The summed E-state index contributed by atoms with van der Waals surface area (Å²) in [4.78, 5) is 19.5. The largest absolute Gasteiger partial charge is 0.494 e. The van der Waals surface area contributed by atoms with Gasteiger partial charge in [0.15, 0.2) is 5.11 Å². The number of amides is 1. The van der Waals surface area contributed by atoms with E-state index in [9.17, 15) is 4.79 Å². The summed E-state index contributed by atoms with van der Waals surface area (Å²) in [5.41, 5.74) is 2.35. The van der Waals surface area contributed by atoms with Crippen LogP contribution in [0.4, 0.5) is 11.4 Å². The van der Waals surface area contributed by atoms with E-state index in [1.807, 2.05) is 53.4 Å². The number of pyridine rings is 1. The van der Waals surface area contributed by atoms with Gasteiger partial charge >= 0.3 is 0 Å². The maximum absolute atomic E-state index is 11.9. The molecular formula is C22H21ClN4O2S2. The second-order valence-corrected chi connectivity index (χ2v) is 9.06. The monoisotopic (exact) mass is 472 g/mol. The summed E-state index contributed by atoms with van der Waals surface area (Å²) >= 11 is 13.5. The van der Waals surface area contributed by atoms with Crippen LogP contribution in [0, 0.1) is 0 Å². The minimum Gasteiger partial charge on any atom is -0.494 e. The van der Waals surface area contributed by atoms with E-state index in [0.717, 1.165) is 16.3 Å². The fourth-order valence-electron chi connectivity index (χ4n) is 3.58. The SMILES string of the molecule is CCC(=O)Nc1ccc(N2C(=S)NC(c3ccccn3)C2c2ccc(Cl)s2)cc1OC. The quantitative estimate of drug-likeness (QED) is 0.472. The minimum atomic E-state index is -0.145. The highest BCUT2D eigenvalue weighted by Crippen LogP contribution is 2.45. The number of aromatic nitrogens is 1. The van der Waals surface area contributed by atoms with Crippen LogP contribution in [0.3, 0.4) is 0 Å². The van der Waals surface area contributed by atoms with Gasteiger partial charge in [0.05, 0.1) is 34.9 Å². The number of carbonyl (C=O) groups excluding carboxylic acids is 1. The topological polar surface area (TPSA) is 66.5 Å². The molecule has 0 bridgehead atoms. The van der Waals surface area contributed by atoms with Gasteiger partial charge in [0.25, 0.3) is 0 Å². The average Bonchev–Trinajstić information content (AvgIpc) is 3.37. The van der Waals surface area contributed by atoms with Gasteiger partial charge in [-0.3, -0.25) is 9.78 Å². The van der Waals surface area contributed by atoms with Crippen molar-refractivity contribution >= 4 is 57.5 Å². The summed E-state index contributed by atoms with van der Waals surface area (Å²) in [6.45, 7) is 1.80. The summed E-state index contributed by atoms with van der Waals surface area (Å²) in [6.07, 6.45) is 2.16. The summed E-state index contributed by atoms with van der Waals surface area (Å²) < 4.78 is 6.26. The van der Waals surface area contributed by atoms with Gasteiger partial charge in [0.1, 0.15) is 5.75 Å². The number of hydrogen-bond donors (Lipinski definition) is 2. The zero-order valence-electron chi connectivity index (χ0n) is 17.0. The number of thiocarbonyl (C=S) groups is 1. The molecule has 31 heavy (non-hydrogen) atoms. The van der Waals surface area contributed by atoms with E-state index in [0.29, 0.717) is 27.3 Å². The molecule has 2 aromatic heterocycles. The molecule has 160 valence electrons.